The van der Waals surface area contributed by atoms with E-state index in [0.717, 1.165) is 33.4 Å². The molecule has 2 aliphatic rings. The highest BCUT2D eigenvalue weighted by atomic mass is 16.5. The van der Waals surface area contributed by atoms with Crippen LogP contribution < -0.4 is 10.2 Å². The molecule has 4 nitrogen and oxygen atoms in total. The zero-order chi connectivity index (χ0) is 21.6. The lowest BCUT2D eigenvalue weighted by molar-refractivity contribution is 0.414. The van der Waals surface area contributed by atoms with Crippen molar-refractivity contribution in [3.8, 4) is 33.9 Å². The number of hydrogen-bond acceptors (Lipinski definition) is 4. The maximum absolute atomic E-state index is 11.8. The predicted molar refractivity (Wildman–Crippen MR) is 120 cm³/mol. The summed E-state index contributed by atoms with van der Waals surface area (Å²) in [6.45, 7) is 10.0. The van der Waals surface area contributed by atoms with E-state index in [-0.39, 0.29) is 11.2 Å². The van der Waals surface area contributed by atoms with Crippen LogP contribution in [0.1, 0.15) is 33.3 Å². The molecule has 1 N–H and O–H groups in total. The normalized spacial score (nSPS) is 10.0. The maximum Gasteiger partial charge on any atom is 0.182 e. The van der Waals surface area contributed by atoms with Crippen molar-refractivity contribution >= 4 is 11.0 Å². The lowest BCUT2D eigenvalue weighted by atomic mass is 9.91. The molecule has 0 fully saturated rings. The summed E-state index contributed by atoms with van der Waals surface area (Å²) in [5.41, 5.74) is 4.31. The monoisotopic (exact) mass is 392 g/mol. The highest BCUT2D eigenvalue weighted by Gasteiger charge is 2.19. The Balaban J connectivity index is 0.000000707. The Kier molecular flexibility index (Phi) is 7.43. The van der Waals surface area contributed by atoms with Crippen LogP contribution in [0, 0.1) is 6.92 Å². The van der Waals surface area contributed by atoms with E-state index < -0.39 is 0 Å². The summed E-state index contributed by atoms with van der Waals surface area (Å²) >= 11 is 0. The molecule has 1 aliphatic carbocycles. The Labute approximate surface area is 171 Å². The molecule has 0 amide bonds. The molecule has 2 aromatic carbocycles. The van der Waals surface area contributed by atoms with Gasteiger partial charge in [-0.2, -0.15) is 0 Å². The van der Waals surface area contributed by atoms with Crippen LogP contribution >= 0.6 is 0 Å². The molecule has 0 saturated heterocycles. The van der Waals surface area contributed by atoms with Crippen molar-refractivity contribution in [1.29, 1.82) is 0 Å². The number of aryl methyl sites for hydroxylation is 1. The van der Waals surface area contributed by atoms with E-state index in [0.29, 0.717) is 11.3 Å². The van der Waals surface area contributed by atoms with Gasteiger partial charge in [0.25, 0.3) is 0 Å². The van der Waals surface area contributed by atoms with E-state index >= 15 is 0 Å². The summed E-state index contributed by atoms with van der Waals surface area (Å²) in [6.07, 6.45) is 0. The minimum Gasteiger partial charge on any atom is -0.508 e. The van der Waals surface area contributed by atoms with E-state index in [9.17, 15) is 9.90 Å². The molecule has 4 rings (SSSR count). The number of aromatic hydroxyl groups is 1. The molecule has 2 aromatic rings. The van der Waals surface area contributed by atoms with Crippen molar-refractivity contribution in [2.45, 2.75) is 34.6 Å². The molecule has 0 radical (unpaired) electrons. The molecule has 0 unspecified atom stereocenters. The zero-order valence-corrected chi connectivity index (χ0v) is 17.9. The van der Waals surface area contributed by atoms with Crippen molar-refractivity contribution in [1.82, 2.24) is 0 Å². The molecule has 0 aromatic heterocycles. The number of methoxy groups -OCH3 is 1. The van der Waals surface area contributed by atoms with Gasteiger partial charge in [-0.25, -0.2) is 0 Å². The van der Waals surface area contributed by atoms with E-state index in [4.69, 9.17) is 9.15 Å². The van der Waals surface area contributed by atoms with Gasteiger partial charge in [0, 0.05) is 28.6 Å². The lowest BCUT2D eigenvalue weighted by Gasteiger charge is -2.17. The van der Waals surface area contributed by atoms with Gasteiger partial charge in [-0.3, -0.25) is 4.79 Å². The first kappa shape index (κ1) is 22.0. The summed E-state index contributed by atoms with van der Waals surface area (Å²) in [6, 6.07) is 15.7. The first-order chi connectivity index (χ1) is 14.1. The second-order valence-electron chi connectivity index (χ2n) is 6.00. The van der Waals surface area contributed by atoms with Gasteiger partial charge in [0.1, 0.15) is 22.8 Å². The Morgan fingerprint density at radius 1 is 0.862 bits per heavy atom. The smallest absolute Gasteiger partial charge is 0.182 e. The van der Waals surface area contributed by atoms with Crippen molar-refractivity contribution in [2.75, 3.05) is 7.11 Å². The standard InChI is InChI=1S/C21H16O4.2C2H6/c1-12-9-15(24-2)5-8-16(12)21-17-6-3-13(22)10-19(17)25-20-11-14(23)4-7-18(20)21;2*1-2/h3-11,22H,1-2H3;2*1-2H3. The fourth-order valence-corrected chi connectivity index (χ4v) is 3.19. The number of rotatable bonds is 2. The van der Waals surface area contributed by atoms with Crippen LogP contribution in [-0.4, -0.2) is 12.2 Å². The maximum atomic E-state index is 11.8. The number of benzene rings is 3. The average Bonchev–Trinajstić information content (AvgIpc) is 2.75. The zero-order valence-electron chi connectivity index (χ0n) is 17.9. The van der Waals surface area contributed by atoms with Gasteiger partial charge in [0.2, 0.25) is 0 Å². The van der Waals surface area contributed by atoms with Crippen molar-refractivity contribution in [2.24, 2.45) is 0 Å². The third-order valence-corrected chi connectivity index (χ3v) is 4.38. The largest absolute Gasteiger partial charge is 0.508 e. The van der Waals surface area contributed by atoms with Gasteiger partial charge in [-0.1, -0.05) is 33.8 Å². The molecular formula is C25H28O4. The second kappa shape index (κ2) is 9.78. The predicted octanol–water partition coefficient (Wildman–Crippen LogP) is 6.64. The Morgan fingerprint density at radius 3 is 2.21 bits per heavy atom. The Morgan fingerprint density at radius 2 is 1.55 bits per heavy atom. The average molecular weight is 392 g/mol. The number of phenolic OH excluding ortho intramolecular Hbond substituents is 1. The molecule has 0 saturated carbocycles. The van der Waals surface area contributed by atoms with E-state index in [1.54, 1.807) is 25.3 Å². The van der Waals surface area contributed by atoms with E-state index in [2.05, 4.69) is 0 Å². The van der Waals surface area contributed by atoms with E-state index in [1.807, 2.05) is 58.9 Å². The Hall–Kier alpha value is -3.27. The van der Waals surface area contributed by atoms with Gasteiger partial charge >= 0.3 is 0 Å². The fraction of sp³-hybridized carbons (Fsp3) is 0.240. The molecule has 1 heterocycles. The number of fused-ring (bicyclic) bond motifs is 2. The van der Waals surface area contributed by atoms with Gasteiger partial charge in [-0.05, 0) is 54.4 Å². The fourth-order valence-electron chi connectivity index (χ4n) is 3.19. The van der Waals surface area contributed by atoms with Crippen LogP contribution in [0.5, 0.6) is 11.5 Å². The lowest BCUT2D eigenvalue weighted by Crippen LogP contribution is -2.00. The third kappa shape index (κ3) is 4.43. The van der Waals surface area contributed by atoms with Gasteiger partial charge in [0.05, 0.1) is 7.11 Å². The highest BCUT2D eigenvalue weighted by molar-refractivity contribution is 6.02. The van der Waals surface area contributed by atoms with Crippen LogP contribution in [0.15, 0.2) is 63.8 Å². The third-order valence-electron chi connectivity index (χ3n) is 4.38. The SMILES string of the molecule is CC.CC.COc1ccc(-c2c3ccc(=O)cc-3oc3cc(O)ccc23)c(C)c1. The Bertz CT molecular complexity index is 1130. The van der Waals surface area contributed by atoms with Crippen LogP contribution in [0.25, 0.3) is 33.4 Å². The van der Waals surface area contributed by atoms with Crippen LogP contribution in [0.2, 0.25) is 0 Å². The molecule has 29 heavy (non-hydrogen) atoms. The van der Waals surface area contributed by atoms with Crippen LogP contribution in [0.3, 0.4) is 0 Å². The summed E-state index contributed by atoms with van der Waals surface area (Å²) in [7, 11) is 1.64. The summed E-state index contributed by atoms with van der Waals surface area (Å²) in [5.74, 6) is 1.40. The molecule has 152 valence electrons. The molecule has 4 heteroatoms. The quantitative estimate of drug-likeness (QED) is 0.388. The topological polar surface area (TPSA) is 59.7 Å². The molecular weight excluding hydrogens is 364 g/mol. The first-order valence-electron chi connectivity index (χ1n) is 9.91. The number of hydrogen-bond donors (Lipinski definition) is 1. The van der Waals surface area contributed by atoms with Crippen LogP contribution in [0.4, 0.5) is 0 Å². The second-order valence-corrected chi connectivity index (χ2v) is 6.00. The molecule has 0 spiro atoms. The van der Waals surface area contributed by atoms with Crippen molar-refractivity contribution in [3.05, 3.63) is 70.4 Å². The van der Waals surface area contributed by atoms with Crippen molar-refractivity contribution < 1.29 is 14.3 Å². The molecule has 1 aliphatic heterocycles. The highest BCUT2D eigenvalue weighted by Crippen LogP contribution is 2.42. The summed E-state index contributed by atoms with van der Waals surface area (Å²) in [4.78, 5) is 11.8. The summed E-state index contributed by atoms with van der Waals surface area (Å²) < 4.78 is 11.2. The summed E-state index contributed by atoms with van der Waals surface area (Å²) in [5, 5.41) is 10.7. The van der Waals surface area contributed by atoms with Crippen LogP contribution in [-0.2, 0) is 0 Å². The van der Waals surface area contributed by atoms with E-state index in [1.165, 1.54) is 12.1 Å². The number of phenols is 1. The molecule has 0 bridgehead atoms. The minimum atomic E-state index is -0.117. The minimum absolute atomic E-state index is 0.117. The molecule has 0 atom stereocenters. The van der Waals surface area contributed by atoms with Crippen molar-refractivity contribution in [3.63, 3.8) is 0 Å². The van der Waals surface area contributed by atoms with Gasteiger partial charge in [0.15, 0.2) is 5.43 Å². The first-order valence-corrected chi connectivity index (χ1v) is 9.91. The number of ether oxygens (including phenoxy) is 1. The van der Waals surface area contributed by atoms with Gasteiger partial charge in [-0.15, -0.1) is 0 Å². The van der Waals surface area contributed by atoms with Gasteiger partial charge < -0.3 is 14.3 Å².